The fraction of sp³-hybridized carbons (Fsp3) is 1.00. The van der Waals surface area contributed by atoms with E-state index in [2.05, 4.69) is 11.9 Å². The van der Waals surface area contributed by atoms with Crippen molar-refractivity contribution < 1.29 is 10.2 Å². The van der Waals surface area contributed by atoms with Gasteiger partial charge in [-0.15, -0.1) is 0 Å². The van der Waals surface area contributed by atoms with Crippen LogP contribution in [0, 0.1) is 5.41 Å². The molecule has 0 aliphatic heterocycles. The number of aliphatic hydroxyl groups excluding tert-OH is 2. The molecule has 0 bridgehead atoms. The first kappa shape index (κ1) is 14.3. The van der Waals surface area contributed by atoms with E-state index in [0.29, 0.717) is 12.6 Å². The van der Waals surface area contributed by atoms with Crippen LogP contribution in [0.3, 0.4) is 0 Å². The maximum atomic E-state index is 10.1. The fourth-order valence-corrected chi connectivity index (χ4v) is 3.92. The molecule has 0 aromatic carbocycles. The molecule has 0 saturated heterocycles. The van der Waals surface area contributed by atoms with Gasteiger partial charge in [-0.2, -0.15) is 0 Å². The highest BCUT2D eigenvalue weighted by molar-refractivity contribution is 4.89. The highest BCUT2D eigenvalue weighted by atomic mass is 16.3. The highest BCUT2D eigenvalue weighted by Gasteiger charge is 2.36. The van der Waals surface area contributed by atoms with Crippen LogP contribution in [0.25, 0.3) is 0 Å². The molecule has 0 amide bonds. The van der Waals surface area contributed by atoms with Crippen molar-refractivity contribution >= 4 is 0 Å². The summed E-state index contributed by atoms with van der Waals surface area (Å²) in [5.41, 5.74) is 0.101. The summed E-state index contributed by atoms with van der Waals surface area (Å²) in [4.78, 5) is 2.32. The van der Waals surface area contributed by atoms with E-state index < -0.39 is 0 Å². The van der Waals surface area contributed by atoms with Gasteiger partial charge in [-0.05, 0) is 32.7 Å². The predicted molar refractivity (Wildman–Crippen MR) is 73.5 cm³/mol. The van der Waals surface area contributed by atoms with E-state index in [1.165, 1.54) is 25.7 Å². The van der Waals surface area contributed by atoms with Crippen molar-refractivity contribution in [3.8, 4) is 0 Å². The van der Waals surface area contributed by atoms with E-state index in [4.69, 9.17) is 0 Å². The Bertz CT molecular complexity index is 251. The average Bonchev–Trinajstić information content (AvgIpc) is 2.40. The number of hydrogen-bond donors (Lipinski definition) is 2. The minimum atomic E-state index is -0.164. The maximum absolute atomic E-state index is 10.1. The van der Waals surface area contributed by atoms with Crippen molar-refractivity contribution in [2.45, 2.75) is 69.9 Å². The fourth-order valence-electron chi connectivity index (χ4n) is 3.92. The van der Waals surface area contributed by atoms with Gasteiger partial charge in [0, 0.05) is 24.6 Å². The molecular weight excluding hydrogens is 226 g/mol. The SMILES string of the molecule is CN(CC1(CO)CCCCC1)C1CCCCC1O. The predicted octanol–water partition coefficient (Wildman–Crippen LogP) is 2.16. The van der Waals surface area contributed by atoms with Gasteiger partial charge in [0.05, 0.1) is 6.10 Å². The van der Waals surface area contributed by atoms with E-state index in [9.17, 15) is 10.2 Å². The molecule has 2 N–H and O–H groups in total. The lowest BCUT2D eigenvalue weighted by atomic mass is 9.74. The zero-order valence-electron chi connectivity index (χ0n) is 11.8. The molecule has 2 fully saturated rings. The molecule has 0 aromatic rings. The van der Waals surface area contributed by atoms with Crippen molar-refractivity contribution in [3.63, 3.8) is 0 Å². The summed E-state index contributed by atoms with van der Waals surface area (Å²) >= 11 is 0. The van der Waals surface area contributed by atoms with Crippen LogP contribution in [-0.2, 0) is 0 Å². The molecule has 2 aliphatic carbocycles. The Morgan fingerprint density at radius 1 is 1.06 bits per heavy atom. The van der Waals surface area contributed by atoms with Gasteiger partial charge < -0.3 is 15.1 Å². The largest absolute Gasteiger partial charge is 0.396 e. The topological polar surface area (TPSA) is 43.7 Å². The van der Waals surface area contributed by atoms with Gasteiger partial charge in [0.1, 0.15) is 0 Å². The zero-order chi connectivity index (χ0) is 13.0. The van der Waals surface area contributed by atoms with Gasteiger partial charge in [-0.25, -0.2) is 0 Å². The second-order valence-electron chi connectivity index (χ2n) is 6.55. The van der Waals surface area contributed by atoms with Crippen LogP contribution in [-0.4, -0.2) is 47.5 Å². The van der Waals surface area contributed by atoms with Gasteiger partial charge >= 0.3 is 0 Å². The Balaban J connectivity index is 1.93. The second-order valence-corrected chi connectivity index (χ2v) is 6.55. The van der Waals surface area contributed by atoms with Gasteiger partial charge in [0.15, 0.2) is 0 Å². The van der Waals surface area contributed by atoms with Crippen molar-refractivity contribution in [2.24, 2.45) is 5.41 Å². The number of hydrogen-bond acceptors (Lipinski definition) is 3. The van der Waals surface area contributed by atoms with Crippen LogP contribution >= 0.6 is 0 Å². The van der Waals surface area contributed by atoms with Crippen LogP contribution in [0.1, 0.15) is 57.8 Å². The molecule has 0 radical (unpaired) electrons. The number of nitrogens with zero attached hydrogens (tertiary/aromatic N) is 1. The molecule has 2 aliphatic rings. The second kappa shape index (κ2) is 6.36. The summed E-state index contributed by atoms with van der Waals surface area (Å²) in [5.74, 6) is 0. The number of aliphatic hydroxyl groups is 2. The molecule has 18 heavy (non-hydrogen) atoms. The first-order valence-corrected chi connectivity index (χ1v) is 7.66. The Labute approximate surface area is 111 Å². The van der Waals surface area contributed by atoms with Crippen molar-refractivity contribution in [1.29, 1.82) is 0 Å². The monoisotopic (exact) mass is 255 g/mol. The van der Waals surface area contributed by atoms with Gasteiger partial charge in [0.25, 0.3) is 0 Å². The van der Waals surface area contributed by atoms with Crippen LogP contribution in [0.4, 0.5) is 0 Å². The molecule has 2 rings (SSSR count). The average molecular weight is 255 g/mol. The summed E-state index contributed by atoms with van der Waals surface area (Å²) in [7, 11) is 2.13. The Morgan fingerprint density at radius 3 is 2.33 bits per heavy atom. The standard InChI is InChI=1S/C15H29NO2/c1-16(13-7-3-4-8-14(13)18)11-15(12-17)9-5-2-6-10-15/h13-14,17-18H,2-12H2,1H3. The van der Waals surface area contributed by atoms with Crippen LogP contribution in [0.5, 0.6) is 0 Å². The molecule has 2 saturated carbocycles. The molecule has 3 nitrogen and oxygen atoms in total. The molecule has 0 aromatic heterocycles. The Hall–Kier alpha value is -0.120. The number of rotatable bonds is 4. The van der Waals surface area contributed by atoms with Gasteiger partial charge in [-0.3, -0.25) is 0 Å². The summed E-state index contributed by atoms with van der Waals surface area (Å²) in [6.07, 6.45) is 10.4. The molecular formula is C15H29NO2. The number of likely N-dealkylation sites (N-methyl/N-ethyl adjacent to an activating group) is 1. The van der Waals surface area contributed by atoms with Gasteiger partial charge in [0.2, 0.25) is 0 Å². The lowest BCUT2D eigenvalue weighted by Gasteiger charge is -2.43. The summed E-state index contributed by atoms with van der Waals surface area (Å²) in [6, 6.07) is 0.309. The van der Waals surface area contributed by atoms with Crippen molar-refractivity contribution in [1.82, 2.24) is 4.90 Å². The molecule has 106 valence electrons. The third kappa shape index (κ3) is 3.25. The van der Waals surface area contributed by atoms with E-state index >= 15 is 0 Å². The normalized spacial score (nSPS) is 32.7. The van der Waals surface area contributed by atoms with E-state index in [0.717, 1.165) is 38.6 Å². The minimum Gasteiger partial charge on any atom is -0.396 e. The molecule has 2 atom stereocenters. The smallest absolute Gasteiger partial charge is 0.0695 e. The Kier molecular flexibility index (Phi) is 5.05. The van der Waals surface area contributed by atoms with Gasteiger partial charge in [-0.1, -0.05) is 32.1 Å². The third-order valence-electron chi connectivity index (χ3n) is 5.09. The maximum Gasteiger partial charge on any atom is 0.0695 e. The lowest BCUT2D eigenvalue weighted by Crippen LogP contribution is -2.49. The van der Waals surface area contributed by atoms with E-state index in [1.807, 2.05) is 0 Å². The van der Waals surface area contributed by atoms with E-state index in [1.54, 1.807) is 0 Å². The molecule has 0 spiro atoms. The third-order valence-corrected chi connectivity index (χ3v) is 5.09. The van der Waals surface area contributed by atoms with Crippen LogP contribution < -0.4 is 0 Å². The Morgan fingerprint density at radius 2 is 1.72 bits per heavy atom. The molecule has 2 unspecified atom stereocenters. The quantitative estimate of drug-likeness (QED) is 0.809. The van der Waals surface area contributed by atoms with E-state index in [-0.39, 0.29) is 11.5 Å². The zero-order valence-corrected chi connectivity index (χ0v) is 11.8. The first-order valence-electron chi connectivity index (χ1n) is 7.66. The van der Waals surface area contributed by atoms with Crippen molar-refractivity contribution in [2.75, 3.05) is 20.2 Å². The van der Waals surface area contributed by atoms with Crippen LogP contribution in [0.15, 0.2) is 0 Å². The molecule has 3 heteroatoms. The lowest BCUT2D eigenvalue weighted by molar-refractivity contribution is -0.0132. The summed E-state index contributed by atoms with van der Waals surface area (Å²) in [6.45, 7) is 1.26. The van der Waals surface area contributed by atoms with Crippen LogP contribution in [0.2, 0.25) is 0 Å². The highest BCUT2D eigenvalue weighted by Crippen LogP contribution is 2.37. The summed E-state index contributed by atoms with van der Waals surface area (Å²) in [5, 5.41) is 19.9. The molecule has 0 heterocycles. The van der Waals surface area contributed by atoms with Crippen molar-refractivity contribution in [3.05, 3.63) is 0 Å². The first-order chi connectivity index (χ1) is 8.67. The summed E-state index contributed by atoms with van der Waals surface area (Å²) < 4.78 is 0. The minimum absolute atomic E-state index is 0.101.